The predicted octanol–water partition coefficient (Wildman–Crippen LogP) is 4.22. The van der Waals surface area contributed by atoms with Crippen LogP contribution in [0.2, 0.25) is 0 Å². The van der Waals surface area contributed by atoms with Crippen LogP contribution >= 0.6 is 0 Å². The van der Waals surface area contributed by atoms with Crippen LogP contribution in [0, 0.1) is 0 Å². The van der Waals surface area contributed by atoms with Gasteiger partial charge in [0.2, 0.25) is 11.8 Å². The third-order valence-corrected chi connectivity index (χ3v) is 6.42. The smallest absolute Gasteiger partial charge is 0.433 e. The molecule has 3 heterocycles. The van der Waals surface area contributed by atoms with E-state index in [1.807, 2.05) is 0 Å². The fraction of sp³-hybridized carbons (Fsp3) is 0.731. The number of amides is 3. The molecule has 3 rings (SSSR count). The highest BCUT2D eigenvalue weighted by molar-refractivity contribution is 5.79. The summed E-state index contributed by atoms with van der Waals surface area (Å²) in [4.78, 5) is 48.5. The molecule has 0 aliphatic carbocycles. The summed E-state index contributed by atoms with van der Waals surface area (Å²) >= 11 is 0. The maximum absolute atomic E-state index is 14.0. The summed E-state index contributed by atoms with van der Waals surface area (Å²) in [5, 5.41) is 2.49. The van der Waals surface area contributed by atoms with Gasteiger partial charge in [-0.1, -0.05) is 20.8 Å². The van der Waals surface area contributed by atoms with E-state index in [4.69, 9.17) is 4.74 Å². The van der Waals surface area contributed by atoms with E-state index in [1.54, 1.807) is 41.5 Å². The number of halogens is 5. The van der Waals surface area contributed by atoms with Gasteiger partial charge in [-0.3, -0.25) is 9.59 Å². The lowest BCUT2D eigenvalue weighted by Gasteiger charge is -2.36. The summed E-state index contributed by atoms with van der Waals surface area (Å²) in [6, 6.07) is -1.08. The molecule has 0 radical (unpaired) electrons. The Bertz CT molecular complexity index is 1140. The number of fused-ring (bicyclic) bond motifs is 1. The van der Waals surface area contributed by atoms with E-state index in [0.29, 0.717) is 0 Å². The van der Waals surface area contributed by atoms with Crippen LogP contribution in [0.15, 0.2) is 0 Å². The SMILES string of the molecule is CC(C)(C)OC(=O)N[C@@H](CC(=O)N1CCc2c(nc(C(C)(C)C)nc2C(F)(F)F)C1)CN1CC(F)(F)CCC1=O. The molecule has 2 aliphatic heterocycles. The van der Waals surface area contributed by atoms with Gasteiger partial charge in [-0.15, -0.1) is 0 Å². The second kappa shape index (κ2) is 11.1. The third kappa shape index (κ3) is 8.23. The number of aromatic nitrogens is 2. The van der Waals surface area contributed by atoms with E-state index in [-0.39, 0.29) is 49.6 Å². The zero-order chi connectivity index (χ0) is 30.3. The minimum Gasteiger partial charge on any atom is -0.444 e. The number of ether oxygens (including phenoxy) is 1. The van der Waals surface area contributed by atoms with E-state index in [9.17, 15) is 36.3 Å². The lowest BCUT2D eigenvalue weighted by molar-refractivity contribution is -0.148. The van der Waals surface area contributed by atoms with Crippen LogP contribution < -0.4 is 5.32 Å². The maximum Gasteiger partial charge on any atom is 0.433 e. The first-order chi connectivity index (χ1) is 18.1. The summed E-state index contributed by atoms with van der Waals surface area (Å²) < 4.78 is 74.7. The van der Waals surface area contributed by atoms with Gasteiger partial charge in [0.1, 0.15) is 11.4 Å². The standard InChI is InChI=1S/C26H36F5N5O4/c1-23(2,3)21-33-17-13-35(10-8-16(17)20(34-21)26(29,30)31)19(38)11-15(32-22(39)40-24(4,5)6)12-36-14-25(27,28)9-7-18(36)37/h15H,7-14H2,1-6H3,(H,32,39)/t15-/m0/s1. The van der Waals surface area contributed by atoms with Gasteiger partial charge in [-0.2, -0.15) is 13.2 Å². The van der Waals surface area contributed by atoms with Crippen molar-refractivity contribution < 1.29 is 41.1 Å². The topological polar surface area (TPSA) is 105 Å². The van der Waals surface area contributed by atoms with Crippen molar-refractivity contribution in [2.24, 2.45) is 0 Å². The zero-order valence-electron chi connectivity index (χ0n) is 23.5. The van der Waals surface area contributed by atoms with E-state index in [2.05, 4.69) is 15.3 Å². The van der Waals surface area contributed by atoms with Gasteiger partial charge in [0.05, 0.1) is 24.8 Å². The van der Waals surface area contributed by atoms with E-state index in [0.717, 1.165) is 4.90 Å². The van der Waals surface area contributed by atoms with Gasteiger partial charge in [-0.05, 0) is 27.2 Å². The lowest BCUT2D eigenvalue weighted by Crippen LogP contribution is -2.54. The van der Waals surface area contributed by atoms with Crippen molar-refractivity contribution in [3.05, 3.63) is 22.8 Å². The first-order valence-electron chi connectivity index (χ1n) is 13.0. The summed E-state index contributed by atoms with van der Waals surface area (Å²) in [6.45, 7) is 8.40. The Balaban J connectivity index is 1.83. The van der Waals surface area contributed by atoms with Crippen molar-refractivity contribution >= 4 is 17.9 Å². The number of alkyl carbamates (subject to hydrolysis) is 1. The molecule has 1 aromatic heterocycles. The summed E-state index contributed by atoms with van der Waals surface area (Å²) in [6.07, 6.45) is -7.10. The van der Waals surface area contributed by atoms with Crippen molar-refractivity contribution in [1.82, 2.24) is 25.1 Å². The van der Waals surface area contributed by atoms with Crippen molar-refractivity contribution in [2.75, 3.05) is 19.6 Å². The summed E-state index contributed by atoms with van der Waals surface area (Å²) in [5.41, 5.74) is -2.69. The molecular weight excluding hydrogens is 541 g/mol. The normalized spacial score (nSPS) is 18.7. The van der Waals surface area contributed by atoms with Crippen molar-refractivity contribution in [2.45, 2.75) is 103 Å². The van der Waals surface area contributed by atoms with Gasteiger partial charge in [-0.25, -0.2) is 23.5 Å². The molecule has 2 aliphatic rings. The molecule has 0 unspecified atom stereocenters. The fourth-order valence-corrected chi connectivity index (χ4v) is 4.52. The molecule has 1 aromatic rings. The molecule has 0 spiro atoms. The molecular formula is C26H36F5N5O4. The molecule has 14 heteroatoms. The van der Waals surface area contributed by atoms with Gasteiger partial charge in [0.15, 0.2) is 5.69 Å². The Kier molecular flexibility index (Phi) is 8.71. The van der Waals surface area contributed by atoms with E-state index < -0.39 is 72.1 Å². The second-order valence-electron chi connectivity index (χ2n) is 12.3. The minimum atomic E-state index is -4.70. The summed E-state index contributed by atoms with van der Waals surface area (Å²) in [5.74, 6) is -4.20. The molecule has 1 fully saturated rings. The molecule has 0 aromatic carbocycles. The largest absolute Gasteiger partial charge is 0.444 e. The van der Waals surface area contributed by atoms with Crippen molar-refractivity contribution in [3.8, 4) is 0 Å². The first-order valence-corrected chi connectivity index (χ1v) is 13.0. The Hall–Kier alpha value is -3.06. The van der Waals surface area contributed by atoms with Crippen LogP contribution in [-0.4, -0.2) is 74.9 Å². The van der Waals surface area contributed by atoms with Crippen LogP contribution in [-0.2, 0) is 38.9 Å². The highest BCUT2D eigenvalue weighted by atomic mass is 19.4. The number of hydrogen-bond acceptors (Lipinski definition) is 6. The fourth-order valence-electron chi connectivity index (χ4n) is 4.52. The Morgan fingerprint density at radius 3 is 2.30 bits per heavy atom. The molecule has 1 N–H and O–H groups in total. The first kappa shape index (κ1) is 31.5. The number of likely N-dealkylation sites (tertiary alicyclic amines) is 1. The number of carbonyl (C=O) groups is 3. The molecule has 1 atom stereocenters. The quantitative estimate of drug-likeness (QED) is 0.526. The molecule has 3 amide bonds. The Labute approximate surface area is 229 Å². The van der Waals surface area contributed by atoms with E-state index in [1.165, 1.54) is 4.90 Å². The van der Waals surface area contributed by atoms with Gasteiger partial charge < -0.3 is 19.9 Å². The highest BCUT2D eigenvalue weighted by Gasteiger charge is 2.42. The lowest BCUT2D eigenvalue weighted by atomic mass is 9.93. The van der Waals surface area contributed by atoms with Crippen LogP contribution in [0.5, 0.6) is 0 Å². The zero-order valence-corrected chi connectivity index (χ0v) is 23.5. The van der Waals surface area contributed by atoms with Crippen LogP contribution in [0.25, 0.3) is 0 Å². The highest BCUT2D eigenvalue weighted by Crippen LogP contribution is 2.35. The third-order valence-electron chi connectivity index (χ3n) is 6.42. The number of alkyl halides is 5. The average Bonchev–Trinajstić information content (AvgIpc) is 2.77. The second-order valence-corrected chi connectivity index (χ2v) is 12.3. The van der Waals surface area contributed by atoms with Crippen LogP contribution in [0.1, 0.15) is 83.6 Å². The van der Waals surface area contributed by atoms with Gasteiger partial charge in [0, 0.05) is 43.3 Å². The van der Waals surface area contributed by atoms with Crippen molar-refractivity contribution in [3.63, 3.8) is 0 Å². The monoisotopic (exact) mass is 577 g/mol. The Morgan fingerprint density at radius 1 is 1.07 bits per heavy atom. The molecule has 224 valence electrons. The average molecular weight is 578 g/mol. The predicted molar refractivity (Wildman–Crippen MR) is 133 cm³/mol. The summed E-state index contributed by atoms with van der Waals surface area (Å²) in [7, 11) is 0. The molecule has 0 bridgehead atoms. The van der Waals surface area contributed by atoms with Crippen molar-refractivity contribution in [1.29, 1.82) is 0 Å². The molecule has 0 saturated carbocycles. The number of rotatable bonds is 5. The Morgan fingerprint density at radius 2 is 1.73 bits per heavy atom. The number of nitrogens with zero attached hydrogens (tertiary/aromatic N) is 4. The number of hydrogen-bond donors (Lipinski definition) is 1. The number of nitrogens with one attached hydrogen (secondary N) is 1. The maximum atomic E-state index is 14.0. The van der Waals surface area contributed by atoms with Crippen LogP contribution in [0.3, 0.4) is 0 Å². The number of carbonyl (C=O) groups excluding carboxylic acids is 3. The van der Waals surface area contributed by atoms with Gasteiger partial charge >= 0.3 is 12.3 Å². The number of piperidine rings is 1. The molecule has 9 nitrogen and oxygen atoms in total. The minimum absolute atomic E-state index is 0.0121. The molecule has 40 heavy (non-hydrogen) atoms. The van der Waals surface area contributed by atoms with E-state index >= 15 is 0 Å². The van der Waals surface area contributed by atoms with Gasteiger partial charge in [0.25, 0.3) is 5.92 Å². The van der Waals surface area contributed by atoms with Crippen LogP contribution in [0.4, 0.5) is 26.7 Å². The molecule has 1 saturated heterocycles.